The molecule has 0 aromatic heterocycles. The molecule has 2 N–H and O–H groups in total. The van der Waals surface area contributed by atoms with Crippen LogP contribution in [0.25, 0.3) is 0 Å². The van der Waals surface area contributed by atoms with Crippen molar-refractivity contribution in [3.8, 4) is 5.75 Å². The highest BCUT2D eigenvalue weighted by molar-refractivity contribution is 6.15. The van der Waals surface area contributed by atoms with Gasteiger partial charge in [0.1, 0.15) is 5.75 Å². The molecule has 1 fully saturated rings. The molecule has 0 unspecified atom stereocenters. The van der Waals surface area contributed by atoms with Crippen LogP contribution in [0.5, 0.6) is 5.75 Å². The zero-order chi connectivity index (χ0) is 14.3. The van der Waals surface area contributed by atoms with Crippen LogP contribution in [0, 0.1) is 12.8 Å². The van der Waals surface area contributed by atoms with Crippen LogP contribution in [0.1, 0.15) is 25.3 Å². The summed E-state index contributed by atoms with van der Waals surface area (Å²) in [5.74, 6) is 0.278. The van der Waals surface area contributed by atoms with Gasteiger partial charge in [-0.2, -0.15) is 0 Å². The Morgan fingerprint density at radius 3 is 2.95 bits per heavy atom. The summed E-state index contributed by atoms with van der Waals surface area (Å²) in [6, 6.07) is 5.49. The average molecular weight is 274 g/mol. The highest BCUT2D eigenvalue weighted by atomic mass is 16.5. The van der Waals surface area contributed by atoms with E-state index in [-0.39, 0.29) is 5.91 Å². The lowest BCUT2D eigenvalue weighted by Gasteiger charge is -2.33. The fourth-order valence-corrected chi connectivity index (χ4v) is 2.22. The van der Waals surface area contributed by atoms with Crippen molar-refractivity contribution in [1.29, 1.82) is 0 Å². The van der Waals surface area contributed by atoms with Crippen LogP contribution in [-0.2, 0) is 9.59 Å². The van der Waals surface area contributed by atoms with Gasteiger partial charge in [0, 0.05) is 6.54 Å². The molecule has 3 rings (SSSR count). The van der Waals surface area contributed by atoms with Gasteiger partial charge in [-0.15, -0.1) is 0 Å². The summed E-state index contributed by atoms with van der Waals surface area (Å²) in [5, 5.41) is 5.55. The van der Waals surface area contributed by atoms with Gasteiger partial charge in [-0.05, 0) is 50.3 Å². The van der Waals surface area contributed by atoms with Crippen LogP contribution in [-0.4, -0.2) is 24.0 Å². The predicted octanol–water partition coefficient (Wildman–Crippen LogP) is 1.61. The zero-order valence-corrected chi connectivity index (χ0v) is 11.7. The number of anilines is 1. The van der Waals surface area contributed by atoms with Crippen molar-refractivity contribution in [2.45, 2.75) is 32.3 Å². The maximum atomic E-state index is 12.2. The van der Waals surface area contributed by atoms with Crippen LogP contribution < -0.4 is 15.4 Å². The Kier molecular flexibility index (Phi) is 2.92. The van der Waals surface area contributed by atoms with Crippen molar-refractivity contribution >= 4 is 17.5 Å². The normalized spacial score (nSPS) is 24.4. The molecule has 1 aromatic carbocycles. The second-order valence-electron chi connectivity index (χ2n) is 5.74. The molecule has 0 saturated heterocycles. The van der Waals surface area contributed by atoms with Crippen LogP contribution >= 0.6 is 0 Å². The maximum Gasteiger partial charge on any atom is 0.278 e. The van der Waals surface area contributed by atoms with Crippen LogP contribution in [0.4, 0.5) is 5.69 Å². The van der Waals surface area contributed by atoms with Crippen molar-refractivity contribution in [2.75, 3.05) is 11.9 Å². The Labute approximate surface area is 117 Å². The van der Waals surface area contributed by atoms with E-state index in [1.54, 1.807) is 6.07 Å². The molecule has 0 spiro atoms. The van der Waals surface area contributed by atoms with E-state index in [1.807, 2.05) is 19.1 Å². The topological polar surface area (TPSA) is 67.4 Å². The minimum atomic E-state index is -1.50. The van der Waals surface area contributed by atoms with Crippen molar-refractivity contribution < 1.29 is 14.3 Å². The number of rotatable bonds is 3. The monoisotopic (exact) mass is 274 g/mol. The molecule has 5 nitrogen and oxygen atoms in total. The minimum Gasteiger partial charge on any atom is -0.466 e. The summed E-state index contributed by atoms with van der Waals surface area (Å²) in [7, 11) is 0. The van der Waals surface area contributed by atoms with Gasteiger partial charge >= 0.3 is 0 Å². The van der Waals surface area contributed by atoms with Crippen molar-refractivity contribution in [1.82, 2.24) is 5.32 Å². The second-order valence-corrected chi connectivity index (χ2v) is 5.74. The molecule has 2 amide bonds. The summed E-state index contributed by atoms with van der Waals surface area (Å²) >= 11 is 0. The van der Waals surface area contributed by atoms with E-state index >= 15 is 0 Å². The third kappa shape index (κ3) is 2.24. The first kappa shape index (κ1) is 13.0. The summed E-state index contributed by atoms with van der Waals surface area (Å²) in [6.45, 7) is 4.06. The lowest BCUT2D eigenvalue weighted by atomic mass is 10.0. The highest BCUT2D eigenvalue weighted by Crippen LogP contribution is 2.34. The Bertz CT molecular complexity index is 580. The molecule has 1 aliphatic carbocycles. The molecule has 1 heterocycles. The Hall–Kier alpha value is -2.04. The van der Waals surface area contributed by atoms with Crippen molar-refractivity contribution in [3.05, 3.63) is 23.8 Å². The van der Waals surface area contributed by atoms with Gasteiger partial charge in [-0.1, -0.05) is 6.07 Å². The van der Waals surface area contributed by atoms with Gasteiger partial charge in [0.25, 0.3) is 17.4 Å². The van der Waals surface area contributed by atoms with Crippen molar-refractivity contribution in [3.63, 3.8) is 0 Å². The van der Waals surface area contributed by atoms with E-state index in [0.717, 1.165) is 18.4 Å². The molecule has 0 bridgehead atoms. The molecule has 1 saturated carbocycles. The number of hydrogen-bond donors (Lipinski definition) is 2. The molecular formula is C15H18N2O3. The summed E-state index contributed by atoms with van der Waals surface area (Å²) in [5.41, 5.74) is 0.133. The number of nitrogens with one attached hydrogen (secondary N) is 2. The van der Waals surface area contributed by atoms with Gasteiger partial charge in [-0.3, -0.25) is 9.59 Å². The summed E-state index contributed by atoms with van der Waals surface area (Å²) < 4.78 is 5.68. The molecule has 1 aromatic rings. The molecule has 2 aliphatic rings. The Balaban J connectivity index is 1.80. The molecule has 1 aliphatic heterocycles. The van der Waals surface area contributed by atoms with Crippen molar-refractivity contribution in [2.24, 2.45) is 5.92 Å². The first-order valence-electron chi connectivity index (χ1n) is 6.88. The second kappa shape index (κ2) is 4.51. The number of amides is 2. The molecule has 106 valence electrons. The number of carbonyl (C=O) groups is 2. The SMILES string of the molecule is Cc1ccc2c(c1)NC(=O)[C@@](C)(C(=O)NCC1CC1)O2. The number of aryl methyl sites for hydroxylation is 1. The Morgan fingerprint density at radius 2 is 2.25 bits per heavy atom. The van der Waals surface area contributed by atoms with E-state index in [1.165, 1.54) is 6.92 Å². The van der Waals surface area contributed by atoms with Gasteiger partial charge in [0.2, 0.25) is 0 Å². The molecule has 20 heavy (non-hydrogen) atoms. The summed E-state index contributed by atoms with van der Waals surface area (Å²) in [4.78, 5) is 24.4. The smallest absolute Gasteiger partial charge is 0.278 e. The maximum absolute atomic E-state index is 12.2. The third-order valence-electron chi connectivity index (χ3n) is 3.81. The fraction of sp³-hybridized carbons (Fsp3) is 0.467. The zero-order valence-electron chi connectivity index (χ0n) is 11.7. The van der Waals surface area contributed by atoms with Gasteiger partial charge in [-0.25, -0.2) is 0 Å². The van der Waals surface area contributed by atoms with Crippen LogP contribution in [0.3, 0.4) is 0 Å². The quantitative estimate of drug-likeness (QED) is 0.823. The van der Waals surface area contributed by atoms with E-state index in [4.69, 9.17) is 4.74 Å². The largest absolute Gasteiger partial charge is 0.466 e. The summed E-state index contributed by atoms with van der Waals surface area (Å²) in [6.07, 6.45) is 2.29. The van der Waals surface area contributed by atoms with E-state index < -0.39 is 11.5 Å². The third-order valence-corrected chi connectivity index (χ3v) is 3.81. The van der Waals surface area contributed by atoms with E-state index in [0.29, 0.717) is 23.9 Å². The predicted molar refractivity (Wildman–Crippen MR) is 74.6 cm³/mol. The molecule has 5 heteroatoms. The fourth-order valence-electron chi connectivity index (χ4n) is 2.22. The first-order valence-corrected chi connectivity index (χ1v) is 6.88. The van der Waals surface area contributed by atoms with Crippen LogP contribution in [0.2, 0.25) is 0 Å². The van der Waals surface area contributed by atoms with Gasteiger partial charge in [0.15, 0.2) is 0 Å². The lowest BCUT2D eigenvalue weighted by molar-refractivity contribution is -0.146. The lowest BCUT2D eigenvalue weighted by Crippen LogP contribution is -2.59. The van der Waals surface area contributed by atoms with Gasteiger partial charge < -0.3 is 15.4 Å². The number of benzene rings is 1. The number of carbonyl (C=O) groups excluding carboxylic acids is 2. The highest BCUT2D eigenvalue weighted by Gasteiger charge is 2.47. The van der Waals surface area contributed by atoms with E-state index in [2.05, 4.69) is 10.6 Å². The number of ether oxygens (including phenoxy) is 1. The standard InChI is InChI=1S/C15H18N2O3/c1-9-3-6-12-11(7-9)17-14(19)15(2,20-12)13(18)16-8-10-4-5-10/h3,6-7,10H,4-5,8H2,1-2H3,(H,16,18)(H,17,19)/t15-/m1/s1. The Morgan fingerprint density at radius 1 is 1.50 bits per heavy atom. The van der Waals surface area contributed by atoms with Gasteiger partial charge in [0.05, 0.1) is 5.69 Å². The molecule has 1 atom stereocenters. The molecule has 0 radical (unpaired) electrons. The average Bonchev–Trinajstić information content (AvgIpc) is 3.22. The number of fused-ring (bicyclic) bond motifs is 1. The van der Waals surface area contributed by atoms with E-state index in [9.17, 15) is 9.59 Å². The minimum absolute atomic E-state index is 0.381. The number of hydrogen-bond acceptors (Lipinski definition) is 3. The van der Waals surface area contributed by atoms with Crippen LogP contribution in [0.15, 0.2) is 18.2 Å². The first-order chi connectivity index (χ1) is 9.49. The molecular weight excluding hydrogens is 256 g/mol.